The van der Waals surface area contributed by atoms with Crippen LogP contribution in [0.5, 0.6) is 0 Å². The van der Waals surface area contributed by atoms with E-state index in [9.17, 15) is 0 Å². The van der Waals surface area contributed by atoms with Gasteiger partial charge in [-0.1, -0.05) is 0 Å². The van der Waals surface area contributed by atoms with Crippen LogP contribution in [0.4, 0.5) is 0 Å². The molecule has 0 unspecified atom stereocenters. The zero-order chi connectivity index (χ0) is 0. The second kappa shape index (κ2) is 32.5. The molecule has 0 aliphatic heterocycles. The zero-order valence-electron chi connectivity index (χ0n) is 3.64. The molecule has 0 atom stereocenters. The van der Waals surface area contributed by atoms with E-state index in [-0.39, 0.29) is 157 Å². The van der Waals surface area contributed by atoms with Crippen LogP contribution in [0, 0.1) is 35.6 Å². The molecule has 0 fully saturated rings. The average molecular weight is 483 g/mol. The average Bonchev–Trinajstić information content (AvgIpc) is 0. The Kier molecular flexibility index (Phi) is 240. The van der Waals surface area contributed by atoms with Gasteiger partial charge in [-0.2, -0.15) is 0 Å². The molecule has 6 heavy (non-hydrogen) atoms. The molecule has 0 aromatic heterocycles. The van der Waals surface area contributed by atoms with Crippen molar-refractivity contribution in [3.8, 4) is 0 Å². The summed E-state index contributed by atoms with van der Waals surface area (Å²) in [6.07, 6.45) is 0. The molecule has 0 saturated heterocycles. The van der Waals surface area contributed by atoms with Crippen LogP contribution >= 0.6 is 0 Å². The van der Waals surface area contributed by atoms with Gasteiger partial charge in [-0.15, -0.1) is 0 Å². The second-order valence-electron chi connectivity index (χ2n) is 0. The number of hydrogen-bond acceptors (Lipinski definition) is 0. The van der Waals surface area contributed by atoms with E-state index in [0.29, 0.717) is 0 Å². The largest absolute Gasteiger partial charge is 5.00 e. The van der Waals surface area contributed by atoms with Gasteiger partial charge in [-0.25, -0.2) is 0 Å². The van der Waals surface area contributed by atoms with Gasteiger partial charge in [0.15, 0.2) is 0 Å². The van der Waals surface area contributed by atoms with E-state index in [0.717, 1.165) is 0 Å². The zero-order valence-corrected chi connectivity index (χ0v) is 16.4. The maximum Gasteiger partial charge on any atom is 5.00 e. The van der Waals surface area contributed by atoms with Crippen molar-refractivity contribution in [3.05, 3.63) is 0 Å². The van der Waals surface area contributed by atoms with Crippen LogP contribution < -0.4 is 18.9 Å². The third-order valence-electron chi connectivity index (χ3n) is 0. The molecule has 0 aromatic carbocycles. The summed E-state index contributed by atoms with van der Waals surface area (Å²) >= 11 is 0. The summed E-state index contributed by atoms with van der Waals surface area (Å²) in [5, 5.41) is 0. The predicted molar refractivity (Wildman–Crippen MR) is 6.44 cm³/mol. The van der Waals surface area contributed by atoms with Gasteiger partial charge in [0.05, 0.1) is 0 Å². The standard InChI is InChI=1S/Ba.La.Li.Nb.O.Zr/q+2;+3;+1;+5;-2;+4. The van der Waals surface area contributed by atoms with Gasteiger partial charge in [-0.05, 0) is 0 Å². The maximum atomic E-state index is 0. The van der Waals surface area contributed by atoms with Gasteiger partial charge in [-0.3, -0.25) is 0 Å². The van der Waals surface area contributed by atoms with E-state index in [1.807, 2.05) is 0 Å². The molecule has 0 aromatic rings. The van der Waals surface area contributed by atoms with Crippen LogP contribution in [0.2, 0.25) is 0 Å². The summed E-state index contributed by atoms with van der Waals surface area (Å²) in [4.78, 5) is 0. The molecule has 0 amide bonds. The minimum atomic E-state index is 0. The smallest absolute Gasteiger partial charge is 2.00 e. The molecule has 8 valence electrons. The van der Waals surface area contributed by atoms with E-state index >= 15 is 0 Å². The van der Waals surface area contributed by atoms with Crippen LogP contribution in [-0.2, 0) is 54.1 Å². The fourth-order valence-corrected chi connectivity index (χ4v) is 0. The maximum absolute atomic E-state index is 0. The fourth-order valence-electron chi connectivity index (χ4n) is 0. The van der Waals surface area contributed by atoms with Crippen LogP contribution in [0.1, 0.15) is 0 Å². The summed E-state index contributed by atoms with van der Waals surface area (Å²) in [7, 11) is 0. The van der Waals surface area contributed by atoms with Crippen LogP contribution in [0.15, 0.2) is 0 Å². The first-order valence-electron chi connectivity index (χ1n) is 0. The Morgan fingerprint density at radius 3 is 1.00 bits per heavy atom. The molecule has 1 nitrogen and oxygen atoms in total. The molecule has 0 bridgehead atoms. The molecule has 0 aliphatic rings. The molecular formula is BaLaLiNbOZr+13. The first-order chi connectivity index (χ1) is 0. The van der Waals surface area contributed by atoms with E-state index in [1.165, 1.54) is 0 Å². The van der Waals surface area contributed by atoms with Crippen molar-refractivity contribution < 1.29 is 109 Å². The van der Waals surface area contributed by atoms with Crippen LogP contribution in [-0.4, -0.2) is 48.9 Å². The molecule has 0 saturated carbocycles. The first kappa shape index (κ1) is 44.3. The van der Waals surface area contributed by atoms with Crippen molar-refractivity contribution in [2.45, 2.75) is 0 Å². The normalized spacial score (nSPS) is 0. The van der Waals surface area contributed by atoms with Gasteiger partial charge in [0, 0.05) is 0 Å². The van der Waals surface area contributed by atoms with Crippen molar-refractivity contribution in [3.63, 3.8) is 0 Å². The minimum Gasteiger partial charge on any atom is -2.00 e. The van der Waals surface area contributed by atoms with Crippen molar-refractivity contribution in [1.29, 1.82) is 0 Å². The summed E-state index contributed by atoms with van der Waals surface area (Å²) in [6, 6.07) is 0. The third kappa shape index (κ3) is 23.1. The van der Waals surface area contributed by atoms with E-state index in [4.69, 9.17) is 0 Å². The summed E-state index contributed by atoms with van der Waals surface area (Å²) in [6.45, 7) is 0. The molecule has 0 radical (unpaired) electrons. The Morgan fingerprint density at radius 2 is 1.00 bits per heavy atom. The van der Waals surface area contributed by atoms with Crippen LogP contribution in [0.25, 0.3) is 0 Å². The molecule has 0 spiro atoms. The van der Waals surface area contributed by atoms with Crippen molar-refractivity contribution in [2.24, 2.45) is 0 Å². The van der Waals surface area contributed by atoms with Crippen molar-refractivity contribution in [2.75, 3.05) is 0 Å². The molecular weight excluding hydrogens is 483 g/mol. The Hall–Kier alpha value is 4.95. The van der Waals surface area contributed by atoms with E-state index in [2.05, 4.69) is 0 Å². The Morgan fingerprint density at radius 1 is 1.00 bits per heavy atom. The Bertz CT molecular complexity index is 15.5. The monoisotopic (exact) mass is 483 g/mol. The predicted octanol–water partition coefficient (Wildman–Crippen LogP) is -3.50. The van der Waals surface area contributed by atoms with Crippen molar-refractivity contribution >= 4 is 48.9 Å². The Labute approximate surface area is 153 Å². The van der Waals surface area contributed by atoms with Gasteiger partial charge >= 0.3 is 152 Å². The van der Waals surface area contributed by atoms with Crippen LogP contribution in [0.3, 0.4) is 0 Å². The molecule has 0 heterocycles. The summed E-state index contributed by atoms with van der Waals surface area (Å²) < 4.78 is 0. The third-order valence-corrected chi connectivity index (χ3v) is 0. The number of hydrogen-bond donors (Lipinski definition) is 0. The van der Waals surface area contributed by atoms with E-state index in [1.54, 1.807) is 0 Å². The van der Waals surface area contributed by atoms with Gasteiger partial charge < -0.3 is 5.48 Å². The van der Waals surface area contributed by atoms with Gasteiger partial charge in [0.25, 0.3) is 0 Å². The topological polar surface area (TPSA) is 28.5 Å². The first-order valence-corrected chi connectivity index (χ1v) is 0. The fraction of sp³-hybridized carbons (Fsp3) is 0. The van der Waals surface area contributed by atoms with Gasteiger partial charge in [0.1, 0.15) is 0 Å². The summed E-state index contributed by atoms with van der Waals surface area (Å²) in [5.41, 5.74) is 0. The van der Waals surface area contributed by atoms with Crippen molar-refractivity contribution in [1.82, 2.24) is 0 Å². The summed E-state index contributed by atoms with van der Waals surface area (Å²) in [5.74, 6) is 0. The molecule has 6 heteroatoms. The quantitative estimate of drug-likeness (QED) is 0.321. The molecule has 0 N–H and O–H groups in total. The SMILES string of the molecule is [Ba+2].[La+3].[Li+].[Nb+5].[O-2].[Zr+4]. The molecule has 0 rings (SSSR count). The van der Waals surface area contributed by atoms with E-state index < -0.39 is 0 Å². The number of rotatable bonds is 0. The Balaban J connectivity index is 0. The second-order valence-corrected chi connectivity index (χ2v) is 0. The van der Waals surface area contributed by atoms with Gasteiger partial charge in [0.2, 0.25) is 0 Å². The molecule has 0 aliphatic carbocycles. The minimum absolute atomic E-state index is 0.